The number of hydrogen-bond acceptors (Lipinski definition) is 10. The monoisotopic (exact) mass is 655 g/mol. The quantitative estimate of drug-likeness (QED) is 0.229. The second-order valence-electron chi connectivity index (χ2n) is 11.5. The number of non-ortho nitro benzene ring substituents is 1. The molecule has 2 aromatic heterocycles. The van der Waals surface area contributed by atoms with E-state index in [-0.39, 0.29) is 53.5 Å². The zero-order valence-corrected chi connectivity index (χ0v) is 26.2. The standard InChI is InChI=1S/C27H37N9O4S.2ClH/c28-18-5-7-19(8-6-18)31-27-32-25(24-26(33-27)35(17-29-24)21-3-1-2-4-21)30-20-13-15-34(16-14-20)41(39,40)23-11-9-22(10-12-23)36(37)38;;/h9-12,17-21H,1-8,13-16,28H2,(H2,30,31,32,33);2*1H/t18-,19-;;. The van der Waals surface area contributed by atoms with Gasteiger partial charge in [-0.2, -0.15) is 14.3 Å². The number of anilines is 2. The summed E-state index contributed by atoms with van der Waals surface area (Å²) in [7, 11) is -3.75. The number of piperidine rings is 1. The molecule has 1 aliphatic heterocycles. The maximum absolute atomic E-state index is 13.2. The molecule has 2 saturated carbocycles. The van der Waals surface area contributed by atoms with Crippen molar-refractivity contribution in [1.29, 1.82) is 0 Å². The van der Waals surface area contributed by atoms with Crippen molar-refractivity contribution in [3.63, 3.8) is 0 Å². The van der Waals surface area contributed by atoms with Gasteiger partial charge in [0, 0.05) is 49.4 Å². The number of sulfonamides is 1. The molecule has 1 aromatic carbocycles. The van der Waals surface area contributed by atoms with Crippen molar-refractivity contribution in [3.05, 3.63) is 40.7 Å². The maximum Gasteiger partial charge on any atom is 0.269 e. The summed E-state index contributed by atoms with van der Waals surface area (Å²) in [5.74, 6) is 1.25. The summed E-state index contributed by atoms with van der Waals surface area (Å²) in [6, 6.07) is 5.96. The third kappa shape index (κ3) is 7.14. The number of nitro benzene ring substituents is 1. The second-order valence-corrected chi connectivity index (χ2v) is 13.4. The van der Waals surface area contributed by atoms with E-state index in [0.29, 0.717) is 43.7 Å². The predicted molar refractivity (Wildman–Crippen MR) is 170 cm³/mol. The summed E-state index contributed by atoms with van der Waals surface area (Å²) in [5, 5.41) is 18.1. The lowest BCUT2D eigenvalue weighted by atomic mass is 9.92. The highest BCUT2D eigenvalue weighted by molar-refractivity contribution is 7.89. The van der Waals surface area contributed by atoms with E-state index in [1.807, 2.05) is 6.33 Å². The molecule has 0 spiro atoms. The summed E-state index contributed by atoms with van der Waals surface area (Å²) < 4.78 is 30.0. The van der Waals surface area contributed by atoms with Gasteiger partial charge in [0.15, 0.2) is 17.0 Å². The van der Waals surface area contributed by atoms with Crippen LogP contribution in [0.2, 0.25) is 0 Å². The first-order valence-corrected chi connectivity index (χ1v) is 16.0. The minimum absolute atomic E-state index is 0. The number of nitrogens with two attached hydrogens (primary N) is 1. The van der Waals surface area contributed by atoms with Gasteiger partial charge in [0.05, 0.1) is 16.1 Å². The molecular weight excluding hydrogens is 617 g/mol. The largest absolute Gasteiger partial charge is 0.365 e. The van der Waals surface area contributed by atoms with Crippen LogP contribution in [0.3, 0.4) is 0 Å². The Hall–Kier alpha value is -2.78. The van der Waals surface area contributed by atoms with Crippen molar-refractivity contribution in [2.45, 2.75) is 93.3 Å². The second kappa shape index (κ2) is 13.9. The first-order chi connectivity index (χ1) is 19.8. The van der Waals surface area contributed by atoms with Crippen LogP contribution in [0.4, 0.5) is 17.5 Å². The lowest BCUT2D eigenvalue weighted by Gasteiger charge is -2.32. The minimum atomic E-state index is -3.75. The number of aromatic nitrogens is 4. The highest BCUT2D eigenvalue weighted by Crippen LogP contribution is 2.34. The van der Waals surface area contributed by atoms with Gasteiger partial charge in [-0.3, -0.25) is 10.1 Å². The molecule has 4 N–H and O–H groups in total. The number of nitrogens with one attached hydrogen (secondary N) is 2. The summed E-state index contributed by atoms with van der Waals surface area (Å²) in [6.45, 7) is 0.657. The molecule has 0 unspecified atom stereocenters. The first kappa shape index (κ1) is 33.1. The van der Waals surface area contributed by atoms with Crippen molar-refractivity contribution >= 4 is 63.5 Å². The van der Waals surface area contributed by atoms with Gasteiger partial charge in [-0.1, -0.05) is 12.8 Å². The number of fused-ring (bicyclic) bond motifs is 1. The van der Waals surface area contributed by atoms with Crippen LogP contribution < -0.4 is 16.4 Å². The molecule has 13 nitrogen and oxygen atoms in total. The molecule has 3 aromatic rings. The lowest BCUT2D eigenvalue weighted by molar-refractivity contribution is -0.384. The van der Waals surface area contributed by atoms with Crippen molar-refractivity contribution in [3.8, 4) is 0 Å². The molecule has 0 amide bonds. The smallest absolute Gasteiger partial charge is 0.269 e. The lowest BCUT2D eigenvalue weighted by Crippen LogP contribution is -2.42. The van der Waals surface area contributed by atoms with Crippen LogP contribution >= 0.6 is 24.8 Å². The van der Waals surface area contributed by atoms with Gasteiger partial charge in [-0.15, -0.1) is 24.8 Å². The number of nitro groups is 1. The van der Waals surface area contributed by atoms with Crippen LogP contribution in [-0.2, 0) is 10.0 Å². The third-order valence-electron chi connectivity index (χ3n) is 8.72. The Labute approximate surface area is 263 Å². The normalized spacial score (nSPS) is 22.1. The molecule has 3 fully saturated rings. The zero-order valence-electron chi connectivity index (χ0n) is 23.8. The van der Waals surface area contributed by atoms with Gasteiger partial charge in [0.1, 0.15) is 0 Å². The van der Waals surface area contributed by atoms with Crippen LogP contribution in [0.25, 0.3) is 11.2 Å². The molecule has 236 valence electrons. The van der Waals surface area contributed by atoms with E-state index in [1.165, 1.54) is 41.4 Å². The highest BCUT2D eigenvalue weighted by Gasteiger charge is 2.31. The highest BCUT2D eigenvalue weighted by atomic mass is 35.5. The van der Waals surface area contributed by atoms with E-state index in [1.54, 1.807) is 0 Å². The Morgan fingerprint density at radius 2 is 1.51 bits per heavy atom. The SMILES string of the molecule is Cl.Cl.N[C@H]1CC[C@H](Nc2nc(NC3CCN(S(=O)(=O)c4ccc([N+](=O)[O-])cc4)CC3)c3ncn(C4CCCC4)c3n2)CC1. The molecule has 1 saturated heterocycles. The van der Waals surface area contributed by atoms with Crippen LogP contribution in [0.5, 0.6) is 0 Å². The van der Waals surface area contributed by atoms with E-state index in [2.05, 4.69) is 15.2 Å². The number of halogens is 2. The molecule has 6 rings (SSSR count). The van der Waals surface area contributed by atoms with Crippen LogP contribution in [0, 0.1) is 10.1 Å². The molecule has 0 radical (unpaired) electrons. The van der Waals surface area contributed by atoms with Crippen LogP contribution in [-0.4, -0.2) is 68.4 Å². The molecule has 3 aliphatic rings. The Balaban J connectivity index is 0.00000212. The number of imidazole rings is 1. The summed E-state index contributed by atoms with van der Waals surface area (Å²) >= 11 is 0. The average molecular weight is 657 g/mol. The maximum atomic E-state index is 13.2. The number of hydrogen-bond donors (Lipinski definition) is 3. The predicted octanol–water partition coefficient (Wildman–Crippen LogP) is 4.64. The van der Waals surface area contributed by atoms with Gasteiger partial charge in [0.2, 0.25) is 16.0 Å². The molecule has 16 heteroatoms. The molecule has 2 aliphatic carbocycles. The third-order valence-corrected chi connectivity index (χ3v) is 10.6. The van der Waals surface area contributed by atoms with Crippen LogP contribution in [0.15, 0.2) is 35.5 Å². The van der Waals surface area contributed by atoms with Gasteiger partial charge < -0.3 is 20.9 Å². The number of nitrogens with zero attached hydrogens (tertiary/aromatic N) is 6. The fraction of sp³-hybridized carbons (Fsp3) is 0.593. The first-order valence-electron chi connectivity index (χ1n) is 14.6. The number of rotatable bonds is 8. The topological polar surface area (TPSA) is 174 Å². The van der Waals surface area contributed by atoms with E-state index < -0.39 is 14.9 Å². The van der Waals surface area contributed by atoms with Crippen LogP contribution in [0.1, 0.15) is 70.3 Å². The van der Waals surface area contributed by atoms with E-state index in [4.69, 9.17) is 20.7 Å². The molecule has 0 bridgehead atoms. The zero-order chi connectivity index (χ0) is 28.6. The van der Waals surface area contributed by atoms with Crippen molar-refractivity contribution < 1.29 is 13.3 Å². The fourth-order valence-corrected chi connectivity index (χ4v) is 7.77. The van der Waals surface area contributed by atoms with Crippen molar-refractivity contribution in [2.75, 3.05) is 23.7 Å². The van der Waals surface area contributed by atoms with E-state index in [0.717, 1.165) is 49.7 Å². The Morgan fingerprint density at radius 1 is 0.884 bits per heavy atom. The fourth-order valence-electron chi connectivity index (χ4n) is 6.30. The van der Waals surface area contributed by atoms with Gasteiger partial charge in [-0.05, 0) is 63.5 Å². The molecule has 3 heterocycles. The minimum Gasteiger partial charge on any atom is -0.365 e. The van der Waals surface area contributed by atoms with Crippen molar-refractivity contribution in [1.82, 2.24) is 23.8 Å². The Kier molecular flexibility index (Phi) is 10.7. The average Bonchev–Trinajstić information content (AvgIpc) is 3.65. The summed E-state index contributed by atoms with van der Waals surface area (Å²) in [6.07, 6.45) is 11.6. The van der Waals surface area contributed by atoms with Gasteiger partial charge in [0.25, 0.3) is 5.69 Å². The van der Waals surface area contributed by atoms with E-state index >= 15 is 0 Å². The molecule has 43 heavy (non-hydrogen) atoms. The van der Waals surface area contributed by atoms with Crippen molar-refractivity contribution in [2.24, 2.45) is 5.73 Å². The van der Waals surface area contributed by atoms with Gasteiger partial charge >= 0.3 is 0 Å². The Morgan fingerprint density at radius 3 is 2.14 bits per heavy atom. The molecule has 0 atom stereocenters. The van der Waals surface area contributed by atoms with Gasteiger partial charge in [-0.25, -0.2) is 13.4 Å². The van der Waals surface area contributed by atoms with E-state index in [9.17, 15) is 18.5 Å². The Bertz CT molecular complexity index is 1500. The molecular formula is C27H39Cl2N9O4S. The summed E-state index contributed by atoms with van der Waals surface area (Å²) in [4.78, 5) is 25.0. The number of benzene rings is 1. The summed E-state index contributed by atoms with van der Waals surface area (Å²) in [5.41, 5.74) is 7.52.